The maximum Gasteiger partial charge on any atom is 0.454 e. The van der Waals surface area contributed by atoms with Crippen LogP contribution >= 0.6 is 0 Å². The van der Waals surface area contributed by atoms with Gasteiger partial charge in [-0.05, 0) is 79.0 Å². The maximum absolute atomic E-state index is 13.5. The van der Waals surface area contributed by atoms with E-state index in [1.165, 1.54) is 28.6 Å². The Kier molecular flexibility index (Phi) is 6.20. The van der Waals surface area contributed by atoms with Gasteiger partial charge in [0.15, 0.2) is 0 Å². The monoisotopic (exact) mass is 500 g/mol. The molecule has 3 N–H and O–H groups in total. The highest BCUT2D eigenvalue weighted by Gasteiger charge is 2.34. The van der Waals surface area contributed by atoms with Crippen LogP contribution in [0.4, 0.5) is 4.39 Å². The van der Waals surface area contributed by atoms with Gasteiger partial charge in [0.05, 0.1) is 17.9 Å². The lowest BCUT2D eigenvalue weighted by Gasteiger charge is -2.24. The average molecular weight is 500 g/mol. The summed E-state index contributed by atoms with van der Waals surface area (Å²) in [5.74, 6) is -0.569. The third kappa shape index (κ3) is 4.99. The van der Waals surface area contributed by atoms with Crippen molar-refractivity contribution in [3.63, 3.8) is 0 Å². The molecule has 8 nitrogen and oxygen atoms in total. The van der Waals surface area contributed by atoms with Crippen LogP contribution in [0.2, 0.25) is 6.32 Å². The standard InChI is InChI=1S/C24H26BFN2O6S/c1-35(31,32)28(13-18-8-9-25(30)34-18)12-16-10-21-20(11-19(16)14-2-3-14)22(24(27)29)23(33-21)15-4-6-17(26)7-5-15/h4-7,10-11,14,18,30H,2-3,8-9,12-13H2,1H3,(H2,27,29). The van der Waals surface area contributed by atoms with Crippen LogP contribution < -0.4 is 5.73 Å². The Morgan fingerprint density at radius 1 is 1.23 bits per heavy atom. The molecule has 1 aromatic heterocycles. The number of rotatable bonds is 8. The second-order valence-electron chi connectivity index (χ2n) is 9.34. The first-order chi connectivity index (χ1) is 16.6. The molecule has 2 aliphatic rings. The second-order valence-corrected chi connectivity index (χ2v) is 11.3. The molecule has 1 saturated carbocycles. The zero-order valence-electron chi connectivity index (χ0n) is 19.2. The number of halogens is 1. The van der Waals surface area contributed by atoms with Gasteiger partial charge in [-0.1, -0.05) is 0 Å². The number of hydrogen-bond donors (Lipinski definition) is 2. The molecular weight excluding hydrogens is 474 g/mol. The molecule has 5 rings (SSSR count). The molecule has 2 heterocycles. The minimum absolute atomic E-state index is 0.106. The van der Waals surface area contributed by atoms with Crippen molar-refractivity contribution in [3.05, 3.63) is 58.9 Å². The fourth-order valence-corrected chi connectivity index (χ4v) is 5.53. The van der Waals surface area contributed by atoms with Crippen LogP contribution in [-0.2, 0) is 21.2 Å². The number of hydrogen-bond acceptors (Lipinski definition) is 6. The highest BCUT2D eigenvalue weighted by molar-refractivity contribution is 7.88. The van der Waals surface area contributed by atoms with E-state index in [2.05, 4.69) is 0 Å². The number of furan rings is 1. The predicted octanol–water partition coefficient (Wildman–Crippen LogP) is 3.25. The lowest BCUT2D eigenvalue weighted by molar-refractivity contribution is 0.100. The van der Waals surface area contributed by atoms with Crippen molar-refractivity contribution in [2.75, 3.05) is 12.8 Å². The summed E-state index contributed by atoms with van der Waals surface area (Å²) in [5, 5.41) is 10.2. The van der Waals surface area contributed by atoms with E-state index in [1.807, 2.05) is 6.07 Å². The van der Waals surface area contributed by atoms with E-state index >= 15 is 0 Å². The lowest BCUT2D eigenvalue weighted by atomic mass is 9.87. The molecule has 0 bridgehead atoms. The highest BCUT2D eigenvalue weighted by Crippen LogP contribution is 2.45. The number of nitrogens with two attached hydrogens (primary N) is 1. The summed E-state index contributed by atoms with van der Waals surface area (Å²) in [6, 6.07) is 9.23. The summed E-state index contributed by atoms with van der Waals surface area (Å²) < 4.78 is 51.5. The molecule has 1 atom stereocenters. The van der Waals surface area contributed by atoms with Gasteiger partial charge < -0.3 is 19.8 Å². The van der Waals surface area contributed by atoms with Crippen molar-refractivity contribution in [1.29, 1.82) is 0 Å². The highest BCUT2D eigenvalue weighted by atomic mass is 32.2. The Morgan fingerprint density at radius 2 is 1.94 bits per heavy atom. The van der Waals surface area contributed by atoms with Crippen LogP contribution in [0.3, 0.4) is 0 Å². The molecule has 1 aliphatic heterocycles. The second kappa shape index (κ2) is 9.05. The van der Waals surface area contributed by atoms with Crippen LogP contribution in [0.5, 0.6) is 0 Å². The summed E-state index contributed by atoms with van der Waals surface area (Å²) in [6.07, 6.45) is 3.73. The van der Waals surface area contributed by atoms with Crippen LogP contribution in [0.25, 0.3) is 22.3 Å². The van der Waals surface area contributed by atoms with Crippen molar-refractivity contribution < 1.29 is 31.7 Å². The third-order valence-electron chi connectivity index (χ3n) is 6.63. The largest absolute Gasteiger partial charge is 0.455 e. The Morgan fingerprint density at radius 3 is 2.51 bits per heavy atom. The molecule has 1 aliphatic carbocycles. The lowest BCUT2D eigenvalue weighted by Crippen LogP contribution is -2.37. The first-order valence-corrected chi connectivity index (χ1v) is 13.4. The Labute approximate surface area is 203 Å². The normalized spacial score (nSPS) is 18.6. The molecular formula is C24H26BFN2O6S. The molecule has 35 heavy (non-hydrogen) atoms. The van der Waals surface area contributed by atoms with Crippen molar-refractivity contribution in [1.82, 2.24) is 4.31 Å². The molecule has 184 valence electrons. The Balaban J connectivity index is 1.58. The van der Waals surface area contributed by atoms with Gasteiger partial charge in [0.1, 0.15) is 17.2 Å². The molecule has 1 saturated heterocycles. The topological polar surface area (TPSA) is 123 Å². The fraction of sp³-hybridized carbons (Fsp3) is 0.375. The van der Waals surface area contributed by atoms with E-state index in [4.69, 9.17) is 14.8 Å². The molecule has 2 fully saturated rings. The summed E-state index contributed by atoms with van der Waals surface area (Å²) >= 11 is 0. The number of fused-ring (bicyclic) bond motifs is 1. The summed E-state index contributed by atoms with van der Waals surface area (Å²) in [5.41, 5.74) is 8.58. The maximum atomic E-state index is 13.5. The van der Waals surface area contributed by atoms with E-state index in [0.717, 1.165) is 30.2 Å². The first-order valence-electron chi connectivity index (χ1n) is 11.5. The minimum Gasteiger partial charge on any atom is -0.455 e. The van der Waals surface area contributed by atoms with Crippen LogP contribution in [-0.4, -0.2) is 49.7 Å². The van der Waals surface area contributed by atoms with Gasteiger partial charge in [0.2, 0.25) is 10.0 Å². The molecule has 2 aromatic carbocycles. The fourth-order valence-electron chi connectivity index (χ4n) is 4.72. The van der Waals surface area contributed by atoms with Gasteiger partial charge in [0, 0.05) is 24.0 Å². The minimum atomic E-state index is -3.58. The van der Waals surface area contributed by atoms with Gasteiger partial charge in [-0.2, -0.15) is 4.31 Å². The molecule has 1 unspecified atom stereocenters. The number of carbonyl (C=O) groups excluding carboxylic acids is 1. The van der Waals surface area contributed by atoms with E-state index in [9.17, 15) is 22.6 Å². The van der Waals surface area contributed by atoms with Gasteiger partial charge in [-0.15, -0.1) is 0 Å². The van der Waals surface area contributed by atoms with Gasteiger partial charge in [-0.3, -0.25) is 4.79 Å². The molecule has 1 amide bonds. The molecule has 0 spiro atoms. The SMILES string of the molecule is CS(=O)(=O)N(Cc1cc2oc(-c3ccc(F)cc3)c(C(N)=O)c2cc1C1CC1)CC1CCB(O)O1. The number of carbonyl (C=O) groups is 1. The first kappa shape index (κ1) is 24.0. The Bertz CT molecular complexity index is 1390. The summed E-state index contributed by atoms with van der Waals surface area (Å²) in [6.45, 7) is 0.235. The van der Waals surface area contributed by atoms with E-state index in [-0.39, 0.29) is 36.4 Å². The van der Waals surface area contributed by atoms with Crippen molar-refractivity contribution in [2.45, 2.75) is 44.1 Å². The number of nitrogens with zero attached hydrogens (tertiary/aromatic N) is 1. The van der Waals surface area contributed by atoms with Crippen molar-refractivity contribution in [3.8, 4) is 11.3 Å². The number of benzene rings is 2. The van der Waals surface area contributed by atoms with Crippen LogP contribution in [0.15, 0.2) is 40.8 Å². The smallest absolute Gasteiger partial charge is 0.454 e. The van der Waals surface area contributed by atoms with Crippen LogP contribution in [0.1, 0.15) is 46.7 Å². The third-order valence-corrected chi connectivity index (χ3v) is 7.84. The molecule has 3 aromatic rings. The zero-order chi connectivity index (χ0) is 24.9. The van der Waals surface area contributed by atoms with E-state index < -0.39 is 28.9 Å². The number of primary amides is 1. The van der Waals surface area contributed by atoms with E-state index in [1.54, 1.807) is 6.07 Å². The van der Waals surface area contributed by atoms with Crippen molar-refractivity contribution in [2.24, 2.45) is 5.73 Å². The zero-order valence-corrected chi connectivity index (χ0v) is 20.1. The molecule has 11 heteroatoms. The predicted molar refractivity (Wildman–Crippen MR) is 130 cm³/mol. The molecule has 0 radical (unpaired) electrons. The summed E-state index contributed by atoms with van der Waals surface area (Å²) in [4.78, 5) is 12.4. The van der Waals surface area contributed by atoms with Gasteiger partial charge in [0.25, 0.3) is 5.91 Å². The quantitative estimate of drug-likeness (QED) is 0.458. The Hall–Kier alpha value is -2.73. The number of sulfonamides is 1. The van der Waals surface area contributed by atoms with Gasteiger partial charge in [-0.25, -0.2) is 12.8 Å². The van der Waals surface area contributed by atoms with Gasteiger partial charge >= 0.3 is 7.12 Å². The van der Waals surface area contributed by atoms with Crippen molar-refractivity contribution >= 4 is 34.0 Å². The average Bonchev–Trinajstić information content (AvgIpc) is 3.44. The van der Waals surface area contributed by atoms with E-state index in [0.29, 0.717) is 29.3 Å². The summed E-state index contributed by atoms with van der Waals surface area (Å²) in [7, 11) is -4.45. The van der Waals surface area contributed by atoms with Crippen LogP contribution in [0, 0.1) is 5.82 Å². The number of amides is 1.